The molecule has 0 spiro atoms. The van der Waals surface area contributed by atoms with Crippen molar-refractivity contribution < 1.29 is 19.1 Å². The molecule has 3 rings (SSSR count). The minimum absolute atomic E-state index is 0.362. The molecule has 2 aromatic carbocycles. The monoisotopic (exact) mass is 381 g/mol. The van der Waals surface area contributed by atoms with Crippen LogP contribution in [0.5, 0.6) is 0 Å². The molecular formula is C22H31B2O4. The van der Waals surface area contributed by atoms with E-state index < -0.39 is 11.2 Å². The quantitative estimate of drug-likeness (QED) is 0.810. The van der Waals surface area contributed by atoms with Crippen molar-refractivity contribution in [3.8, 4) is 0 Å². The average molecular weight is 381 g/mol. The Morgan fingerprint density at radius 3 is 2.04 bits per heavy atom. The van der Waals surface area contributed by atoms with Crippen molar-refractivity contribution in [2.24, 2.45) is 0 Å². The van der Waals surface area contributed by atoms with Gasteiger partial charge in [0, 0.05) is 0 Å². The van der Waals surface area contributed by atoms with E-state index in [-0.39, 0.29) is 18.3 Å². The van der Waals surface area contributed by atoms with Crippen molar-refractivity contribution in [2.75, 3.05) is 0 Å². The lowest BCUT2D eigenvalue weighted by molar-refractivity contribution is -0.0893. The molecule has 1 radical (unpaired) electrons. The van der Waals surface area contributed by atoms with Gasteiger partial charge in [-0.2, -0.15) is 0 Å². The molecule has 1 fully saturated rings. The Labute approximate surface area is 170 Å². The zero-order chi connectivity index (χ0) is 21.0. The lowest BCUT2D eigenvalue weighted by Gasteiger charge is -2.37. The molecule has 149 valence electrons. The van der Waals surface area contributed by atoms with Crippen molar-refractivity contribution in [1.29, 1.82) is 0 Å². The zero-order valence-electron chi connectivity index (χ0n) is 18.3. The van der Waals surface area contributed by atoms with E-state index in [2.05, 4.69) is 58.0 Å². The average Bonchev–Trinajstić information content (AvgIpc) is 2.79. The van der Waals surface area contributed by atoms with Crippen LogP contribution in [0.2, 0.25) is 0 Å². The molecule has 1 aliphatic rings. The van der Waals surface area contributed by atoms with E-state index in [4.69, 9.17) is 14.0 Å². The molecule has 28 heavy (non-hydrogen) atoms. The van der Waals surface area contributed by atoms with Gasteiger partial charge < -0.3 is 19.1 Å². The molecule has 1 aliphatic heterocycles. The molecule has 4 nitrogen and oxygen atoms in total. The Kier molecular flexibility index (Phi) is 5.25. The maximum absolute atomic E-state index is 10.3. The van der Waals surface area contributed by atoms with Crippen LogP contribution >= 0.6 is 0 Å². The van der Waals surface area contributed by atoms with Gasteiger partial charge in [-0.15, -0.1) is 0 Å². The first kappa shape index (κ1) is 21.4. The first-order chi connectivity index (χ1) is 12.7. The molecule has 0 bridgehead atoms. The van der Waals surface area contributed by atoms with Crippen molar-refractivity contribution in [3.05, 3.63) is 36.4 Å². The number of benzene rings is 2. The summed E-state index contributed by atoms with van der Waals surface area (Å²) in [4.78, 5) is 0. The highest BCUT2D eigenvalue weighted by molar-refractivity contribution is 6.62. The third-order valence-electron chi connectivity index (χ3n) is 6.38. The van der Waals surface area contributed by atoms with Crippen LogP contribution in [0.1, 0.15) is 55.4 Å². The molecule has 0 aromatic heterocycles. The lowest BCUT2D eigenvalue weighted by atomic mass is 9.77. The van der Waals surface area contributed by atoms with E-state index in [1.54, 1.807) is 21.3 Å². The van der Waals surface area contributed by atoms with Crippen LogP contribution in [0.4, 0.5) is 0 Å². The van der Waals surface area contributed by atoms with Crippen LogP contribution in [0.25, 0.3) is 10.8 Å². The summed E-state index contributed by atoms with van der Waals surface area (Å²) in [5.41, 5.74) is -0.439. The summed E-state index contributed by atoms with van der Waals surface area (Å²) in [5, 5.41) is 12.5. The Hall–Kier alpha value is -1.33. The van der Waals surface area contributed by atoms with Crippen LogP contribution in [0, 0.1) is 0 Å². The lowest BCUT2D eigenvalue weighted by Crippen LogP contribution is -2.49. The molecule has 0 aliphatic carbocycles. The second kappa shape index (κ2) is 6.87. The Balaban J connectivity index is 1.83. The van der Waals surface area contributed by atoms with Crippen LogP contribution in [0.15, 0.2) is 36.4 Å². The molecule has 0 unspecified atom stereocenters. The molecule has 1 saturated heterocycles. The van der Waals surface area contributed by atoms with Crippen LogP contribution in [0.3, 0.4) is 0 Å². The van der Waals surface area contributed by atoms with Gasteiger partial charge in [0.2, 0.25) is 0 Å². The van der Waals surface area contributed by atoms with Gasteiger partial charge in [0.1, 0.15) is 0 Å². The van der Waals surface area contributed by atoms with E-state index in [0.717, 1.165) is 21.7 Å². The fourth-order valence-electron chi connectivity index (χ4n) is 2.84. The van der Waals surface area contributed by atoms with Crippen LogP contribution in [-0.2, 0) is 14.0 Å². The zero-order valence-corrected chi connectivity index (χ0v) is 18.3. The van der Waals surface area contributed by atoms with Gasteiger partial charge in [-0.3, -0.25) is 0 Å². The number of aliphatic hydroxyl groups is 1. The highest BCUT2D eigenvalue weighted by Gasteiger charge is 2.51. The molecule has 1 heterocycles. The summed E-state index contributed by atoms with van der Waals surface area (Å²) in [6.07, 6.45) is 0. The first-order valence-corrected chi connectivity index (χ1v) is 9.85. The van der Waals surface area contributed by atoms with E-state index in [1.807, 2.05) is 19.9 Å². The number of rotatable bonds is 5. The summed E-state index contributed by atoms with van der Waals surface area (Å²) in [5.74, 6) is 0. The Bertz CT molecular complexity index is 852. The van der Waals surface area contributed by atoms with Gasteiger partial charge in [-0.25, -0.2) is 0 Å². The first-order valence-electron chi connectivity index (χ1n) is 9.85. The smallest absolute Gasteiger partial charge is 0.427 e. The predicted molar refractivity (Wildman–Crippen MR) is 117 cm³/mol. The van der Waals surface area contributed by atoms with Crippen molar-refractivity contribution in [3.63, 3.8) is 0 Å². The summed E-state index contributed by atoms with van der Waals surface area (Å²) < 4.78 is 18.2. The summed E-state index contributed by atoms with van der Waals surface area (Å²) in [6.45, 7) is 15.5. The number of hydrogen-bond acceptors (Lipinski definition) is 4. The maximum atomic E-state index is 10.3. The molecule has 0 saturated carbocycles. The Morgan fingerprint density at radius 2 is 1.46 bits per heavy atom. The van der Waals surface area contributed by atoms with Gasteiger partial charge >= 0.3 is 14.6 Å². The number of fused-ring (bicyclic) bond motifs is 1. The highest BCUT2D eigenvalue weighted by Crippen LogP contribution is 2.36. The summed E-state index contributed by atoms with van der Waals surface area (Å²) in [6, 6.07) is 12.4. The normalized spacial score (nSPS) is 19.2. The van der Waals surface area contributed by atoms with Crippen LogP contribution in [-0.4, -0.2) is 42.1 Å². The highest BCUT2D eigenvalue weighted by atomic mass is 16.7. The third-order valence-corrected chi connectivity index (χ3v) is 6.38. The molecule has 6 heteroatoms. The van der Waals surface area contributed by atoms with Gasteiger partial charge in [0.15, 0.2) is 0 Å². The standard InChI is InChI=1S/C22H31B2O4/c1-19(2,25)20(3,4)26-23-17-11-9-15-10-12-18(14-16(15)13-17)24-27-21(5,6)22(7,8)28-24/h9-14,25H,1-8H3. The van der Waals surface area contributed by atoms with Crippen molar-refractivity contribution in [2.45, 2.75) is 77.8 Å². The van der Waals surface area contributed by atoms with E-state index in [9.17, 15) is 5.11 Å². The fourth-order valence-corrected chi connectivity index (χ4v) is 2.84. The van der Waals surface area contributed by atoms with Crippen molar-refractivity contribution in [1.82, 2.24) is 0 Å². The second-order valence-corrected chi connectivity index (χ2v) is 9.76. The van der Waals surface area contributed by atoms with E-state index >= 15 is 0 Å². The minimum atomic E-state index is -0.954. The van der Waals surface area contributed by atoms with E-state index in [0.29, 0.717) is 0 Å². The van der Waals surface area contributed by atoms with Crippen LogP contribution < -0.4 is 10.9 Å². The number of hydrogen-bond donors (Lipinski definition) is 1. The van der Waals surface area contributed by atoms with Gasteiger partial charge in [-0.1, -0.05) is 41.9 Å². The topological polar surface area (TPSA) is 47.9 Å². The predicted octanol–water partition coefficient (Wildman–Crippen LogP) is 2.95. The molecule has 0 amide bonds. The summed E-state index contributed by atoms with van der Waals surface area (Å²) in [7, 11) is 1.33. The second-order valence-electron chi connectivity index (χ2n) is 9.76. The van der Waals surface area contributed by atoms with E-state index in [1.165, 1.54) is 0 Å². The molecule has 1 N–H and O–H groups in total. The third kappa shape index (κ3) is 4.02. The molecule has 2 aromatic rings. The SMILES string of the molecule is CC(C)(O)C(C)(C)O[B]c1ccc2ccc(B3OC(C)(C)C(C)(C)O3)cc2c1. The van der Waals surface area contributed by atoms with Gasteiger partial charge in [0.05, 0.1) is 22.4 Å². The summed E-state index contributed by atoms with van der Waals surface area (Å²) >= 11 is 0. The Morgan fingerprint density at radius 1 is 0.893 bits per heavy atom. The van der Waals surface area contributed by atoms with Gasteiger partial charge in [0.25, 0.3) is 0 Å². The fraction of sp³-hybridized carbons (Fsp3) is 0.545. The largest absolute Gasteiger partial charge is 0.494 e. The minimum Gasteiger partial charge on any atom is -0.427 e. The molecular weight excluding hydrogens is 350 g/mol. The van der Waals surface area contributed by atoms with Gasteiger partial charge in [-0.05, 0) is 71.6 Å². The maximum Gasteiger partial charge on any atom is 0.494 e. The molecule has 0 atom stereocenters. The van der Waals surface area contributed by atoms with Crippen molar-refractivity contribution >= 4 is 36.3 Å².